The fourth-order valence-corrected chi connectivity index (χ4v) is 1.56. The molecule has 0 spiro atoms. The molecule has 2 nitrogen and oxygen atoms in total. The van der Waals surface area contributed by atoms with Crippen molar-refractivity contribution in [1.82, 2.24) is 4.98 Å². The number of pyridine rings is 1. The van der Waals surface area contributed by atoms with Gasteiger partial charge in [-0.15, -0.1) is 0 Å². The summed E-state index contributed by atoms with van der Waals surface area (Å²) in [6.07, 6.45) is 1.53. The van der Waals surface area contributed by atoms with Gasteiger partial charge in [0.25, 0.3) is 0 Å². The highest BCUT2D eigenvalue weighted by molar-refractivity contribution is 6.35. The predicted octanol–water partition coefficient (Wildman–Crippen LogP) is 3.04. The Balaban J connectivity index is 2.86. The van der Waals surface area contributed by atoms with Crippen molar-refractivity contribution in [3.63, 3.8) is 0 Å². The second-order valence-electron chi connectivity index (χ2n) is 2.78. The number of ether oxygens (including phenoxy) is 1. The second-order valence-corrected chi connectivity index (χ2v) is 3.15. The van der Waals surface area contributed by atoms with Crippen molar-refractivity contribution in [1.29, 1.82) is 0 Å². The van der Waals surface area contributed by atoms with Gasteiger partial charge in [-0.2, -0.15) is 0 Å². The van der Waals surface area contributed by atoms with E-state index in [1.807, 2.05) is 0 Å². The molecule has 1 aromatic carbocycles. The highest BCUT2D eigenvalue weighted by atomic mass is 35.5. The summed E-state index contributed by atoms with van der Waals surface area (Å²) in [4.78, 5) is 3.99. The van der Waals surface area contributed by atoms with Crippen molar-refractivity contribution < 1.29 is 9.13 Å². The molecule has 0 saturated heterocycles. The summed E-state index contributed by atoms with van der Waals surface area (Å²) in [5.41, 5.74) is 0. The first kappa shape index (κ1) is 9.21. The van der Waals surface area contributed by atoms with Crippen LogP contribution in [0.25, 0.3) is 10.8 Å². The molecule has 0 amide bonds. The molecule has 0 aliphatic heterocycles. The topological polar surface area (TPSA) is 22.1 Å². The van der Waals surface area contributed by atoms with Gasteiger partial charge >= 0.3 is 0 Å². The van der Waals surface area contributed by atoms with Crippen LogP contribution in [0.2, 0.25) is 5.02 Å². The molecule has 0 aliphatic carbocycles. The van der Waals surface area contributed by atoms with Crippen molar-refractivity contribution in [2.45, 2.75) is 0 Å². The van der Waals surface area contributed by atoms with Crippen molar-refractivity contribution in [2.75, 3.05) is 7.11 Å². The van der Waals surface area contributed by atoms with E-state index in [-0.39, 0.29) is 5.02 Å². The summed E-state index contributed by atoms with van der Waals surface area (Å²) in [6.45, 7) is 0. The number of aromatic nitrogens is 1. The largest absolute Gasteiger partial charge is 0.481 e. The molecule has 2 rings (SSSR count). The zero-order chi connectivity index (χ0) is 10.1. The Kier molecular flexibility index (Phi) is 2.25. The smallest absolute Gasteiger partial charge is 0.221 e. The standard InChI is InChI=1S/C10H7ClFNO/c1-14-10-7-2-3-8(12)9(11)6(7)4-5-13-10/h2-5H,1H3. The molecule has 2 aromatic rings. The van der Waals surface area contributed by atoms with Crippen LogP contribution in [0.15, 0.2) is 24.4 Å². The molecular weight excluding hydrogens is 205 g/mol. The minimum absolute atomic E-state index is 0.100. The van der Waals surface area contributed by atoms with Gasteiger partial charge in [0, 0.05) is 17.0 Å². The molecule has 72 valence electrons. The third-order valence-corrected chi connectivity index (χ3v) is 2.37. The predicted molar refractivity (Wildman–Crippen MR) is 53.3 cm³/mol. The second kappa shape index (κ2) is 3.42. The molecule has 0 radical (unpaired) electrons. The van der Waals surface area contributed by atoms with E-state index in [4.69, 9.17) is 16.3 Å². The third-order valence-electron chi connectivity index (χ3n) is 1.99. The van der Waals surface area contributed by atoms with Gasteiger partial charge in [0.05, 0.1) is 12.1 Å². The lowest BCUT2D eigenvalue weighted by Gasteiger charge is -2.05. The first-order valence-corrected chi connectivity index (χ1v) is 4.38. The summed E-state index contributed by atoms with van der Waals surface area (Å²) in [7, 11) is 1.51. The molecule has 1 aromatic heterocycles. The number of hydrogen-bond acceptors (Lipinski definition) is 2. The molecular formula is C10H7ClFNO. The lowest BCUT2D eigenvalue weighted by atomic mass is 10.1. The van der Waals surface area contributed by atoms with Gasteiger partial charge in [-0.3, -0.25) is 0 Å². The Morgan fingerprint density at radius 1 is 1.29 bits per heavy atom. The summed E-state index contributed by atoms with van der Waals surface area (Å²) < 4.78 is 18.1. The third kappa shape index (κ3) is 1.30. The number of fused-ring (bicyclic) bond motifs is 1. The van der Waals surface area contributed by atoms with Gasteiger partial charge in [0.15, 0.2) is 0 Å². The van der Waals surface area contributed by atoms with E-state index in [0.717, 1.165) is 0 Å². The van der Waals surface area contributed by atoms with Crippen LogP contribution >= 0.6 is 11.6 Å². The Hall–Kier alpha value is -1.35. The minimum Gasteiger partial charge on any atom is -0.481 e. The molecule has 0 aliphatic rings. The Morgan fingerprint density at radius 2 is 2.07 bits per heavy atom. The molecule has 1 heterocycles. The molecule has 0 saturated carbocycles. The monoisotopic (exact) mass is 211 g/mol. The maximum Gasteiger partial charge on any atom is 0.221 e. The first-order chi connectivity index (χ1) is 6.74. The van der Waals surface area contributed by atoms with Gasteiger partial charge in [0.2, 0.25) is 5.88 Å². The molecule has 0 unspecified atom stereocenters. The van der Waals surface area contributed by atoms with Crippen molar-refractivity contribution >= 4 is 22.4 Å². The lowest BCUT2D eigenvalue weighted by Crippen LogP contribution is -1.89. The van der Waals surface area contributed by atoms with Crippen LogP contribution in [0.4, 0.5) is 4.39 Å². The Morgan fingerprint density at radius 3 is 2.79 bits per heavy atom. The summed E-state index contributed by atoms with van der Waals surface area (Å²) >= 11 is 5.80. The van der Waals surface area contributed by atoms with Crippen LogP contribution < -0.4 is 4.74 Å². The summed E-state index contributed by atoms with van der Waals surface area (Å²) in [6, 6.07) is 4.56. The number of halogens is 2. The van der Waals surface area contributed by atoms with Gasteiger partial charge in [0.1, 0.15) is 5.82 Å². The highest BCUT2D eigenvalue weighted by Gasteiger charge is 2.08. The number of methoxy groups -OCH3 is 1. The molecule has 4 heteroatoms. The normalized spacial score (nSPS) is 10.5. The molecule has 0 fully saturated rings. The zero-order valence-corrected chi connectivity index (χ0v) is 8.18. The van der Waals surface area contributed by atoms with E-state index in [1.165, 1.54) is 19.4 Å². The number of rotatable bonds is 1. The number of benzene rings is 1. The minimum atomic E-state index is -0.438. The Labute approximate surface area is 85.3 Å². The van der Waals surface area contributed by atoms with E-state index in [2.05, 4.69) is 4.98 Å². The van der Waals surface area contributed by atoms with Gasteiger partial charge in [-0.1, -0.05) is 11.6 Å². The van der Waals surface area contributed by atoms with Crippen LogP contribution in [0, 0.1) is 5.82 Å². The Bertz CT molecular complexity index is 487. The molecule has 14 heavy (non-hydrogen) atoms. The van der Waals surface area contributed by atoms with Crippen LogP contribution in [0.5, 0.6) is 5.88 Å². The average Bonchev–Trinajstić information content (AvgIpc) is 2.23. The lowest BCUT2D eigenvalue weighted by molar-refractivity contribution is 0.403. The molecule has 0 N–H and O–H groups in total. The number of hydrogen-bond donors (Lipinski definition) is 0. The van der Waals surface area contributed by atoms with Crippen molar-refractivity contribution in [2.24, 2.45) is 0 Å². The van der Waals surface area contributed by atoms with Gasteiger partial charge in [-0.05, 0) is 18.2 Å². The highest BCUT2D eigenvalue weighted by Crippen LogP contribution is 2.30. The zero-order valence-electron chi connectivity index (χ0n) is 7.42. The quantitative estimate of drug-likeness (QED) is 0.723. The SMILES string of the molecule is COc1nccc2c(Cl)c(F)ccc12. The summed E-state index contributed by atoms with van der Waals surface area (Å²) in [5.74, 6) is 0.0109. The maximum absolute atomic E-state index is 13.1. The first-order valence-electron chi connectivity index (χ1n) is 4.00. The van der Waals surface area contributed by atoms with E-state index < -0.39 is 5.82 Å². The van der Waals surface area contributed by atoms with Gasteiger partial charge in [-0.25, -0.2) is 9.37 Å². The van der Waals surface area contributed by atoms with Crippen LogP contribution in [0.1, 0.15) is 0 Å². The summed E-state index contributed by atoms with van der Waals surface area (Å²) in [5, 5.41) is 1.42. The molecule has 0 atom stereocenters. The van der Waals surface area contributed by atoms with E-state index in [1.54, 1.807) is 12.1 Å². The van der Waals surface area contributed by atoms with Crippen molar-refractivity contribution in [3.8, 4) is 5.88 Å². The van der Waals surface area contributed by atoms with E-state index >= 15 is 0 Å². The fraction of sp³-hybridized carbons (Fsp3) is 0.100. The van der Waals surface area contributed by atoms with Crippen LogP contribution in [0.3, 0.4) is 0 Å². The van der Waals surface area contributed by atoms with E-state index in [9.17, 15) is 4.39 Å². The van der Waals surface area contributed by atoms with E-state index in [0.29, 0.717) is 16.7 Å². The maximum atomic E-state index is 13.1. The van der Waals surface area contributed by atoms with Crippen LogP contribution in [-0.4, -0.2) is 12.1 Å². The number of nitrogens with zero attached hydrogens (tertiary/aromatic N) is 1. The van der Waals surface area contributed by atoms with Crippen LogP contribution in [-0.2, 0) is 0 Å². The van der Waals surface area contributed by atoms with Crippen molar-refractivity contribution in [3.05, 3.63) is 35.2 Å². The molecule has 0 bridgehead atoms. The van der Waals surface area contributed by atoms with Gasteiger partial charge < -0.3 is 4.74 Å². The fourth-order valence-electron chi connectivity index (χ4n) is 1.33. The average molecular weight is 212 g/mol.